The molecule has 138 valence electrons. The van der Waals surface area contributed by atoms with Crippen LogP contribution < -0.4 is 4.74 Å². The van der Waals surface area contributed by atoms with Gasteiger partial charge in [0.05, 0.1) is 10.9 Å². The van der Waals surface area contributed by atoms with Crippen molar-refractivity contribution in [2.45, 2.75) is 6.54 Å². The molecule has 0 aliphatic carbocycles. The molecule has 0 saturated heterocycles. The number of likely N-dealkylation sites (N-methyl/N-ethyl adjacent to an activating group) is 1. The molecule has 0 radical (unpaired) electrons. The molecule has 1 heterocycles. The molecule has 1 amide bonds. The molecule has 0 fully saturated rings. The van der Waals surface area contributed by atoms with Crippen LogP contribution in [0.4, 0.5) is 0 Å². The number of ether oxygens (including phenoxy) is 1. The summed E-state index contributed by atoms with van der Waals surface area (Å²) in [5.74, 6) is 0.358. The van der Waals surface area contributed by atoms with E-state index in [1.807, 2.05) is 30.3 Å². The first-order valence-corrected chi connectivity index (χ1v) is 9.53. The molecule has 0 aliphatic rings. The monoisotopic (exact) mass is 399 g/mol. The minimum absolute atomic E-state index is 0.0485. The summed E-state index contributed by atoms with van der Waals surface area (Å²) in [6, 6.07) is 19.6. The van der Waals surface area contributed by atoms with Gasteiger partial charge in [-0.2, -0.15) is 0 Å². The molecule has 3 aromatic rings. The number of rotatable bonds is 7. The smallest absolute Gasteiger partial charge is 0.260 e. The normalized spacial score (nSPS) is 10.4. The molecular formula is C21H18ClNO3S. The Morgan fingerprint density at radius 2 is 1.63 bits per heavy atom. The first kappa shape index (κ1) is 19.1. The van der Waals surface area contributed by atoms with Crippen LogP contribution in [-0.2, 0) is 11.3 Å². The number of thiophene rings is 1. The number of carbonyl (C=O) groups is 2. The minimum Gasteiger partial charge on any atom is -0.484 e. The Bertz CT molecular complexity index is 922. The van der Waals surface area contributed by atoms with Gasteiger partial charge in [0.1, 0.15) is 5.75 Å². The summed E-state index contributed by atoms with van der Waals surface area (Å²) < 4.78 is 6.25. The maximum Gasteiger partial charge on any atom is 0.260 e. The molecule has 6 heteroatoms. The van der Waals surface area contributed by atoms with Crippen molar-refractivity contribution in [3.63, 3.8) is 0 Å². The van der Waals surface area contributed by atoms with Crippen molar-refractivity contribution in [2.75, 3.05) is 13.7 Å². The van der Waals surface area contributed by atoms with Crippen LogP contribution in [0.2, 0.25) is 4.34 Å². The standard InChI is InChI=1S/C21H18ClNO3S/c1-23(13-18-11-12-19(22)27-18)20(24)14-26-17-9-7-16(8-10-17)21(25)15-5-3-2-4-6-15/h2-12H,13-14H2,1H3. The molecule has 0 spiro atoms. The first-order chi connectivity index (χ1) is 13.0. The highest BCUT2D eigenvalue weighted by molar-refractivity contribution is 7.16. The molecule has 0 aliphatic heterocycles. The van der Waals surface area contributed by atoms with E-state index in [4.69, 9.17) is 16.3 Å². The van der Waals surface area contributed by atoms with Crippen LogP contribution >= 0.6 is 22.9 Å². The van der Waals surface area contributed by atoms with Crippen LogP contribution in [-0.4, -0.2) is 30.2 Å². The minimum atomic E-state index is -0.135. The predicted octanol–water partition coefficient (Wildman–Crippen LogP) is 4.67. The van der Waals surface area contributed by atoms with Crippen molar-refractivity contribution in [1.29, 1.82) is 0 Å². The highest BCUT2D eigenvalue weighted by Crippen LogP contribution is 2.22. The predicted molar refractivity (Wildman–Crippen MR) is 108 cm³/mol. The Hall–Kier alpha value is -2.63. The van der Waals surface area contributed by atoms with E-state index in [0.29, 0.717) is 27.8 Å². The lowest BCUT2D eigenvalue weighted by Gasteiger charge is -2.16. The van der Waals surface area contributed by atoms with Gasteiger partial charge in [-0.05, 0) is 36.4 Å². The van der Waals surface area contributed by atoms with Crippen LogP contribution in [0.5, 0.6) is 5.75 Å². The average molecular weight is 400 g/mol. The second-order valence-corrected chi connectivity index (χ2v) is 7.76. The van der Waals surface area contributed by atoms with Gasteiger partial charge in [-0.1, -0.05) is 41.9 Å². The molecule has 3 rings (SSSR count). The van der Waals surface area contributed by atoms with Gasteiger partial charge in [0.15, 0.2) is 12.4 Å². The summed E-state index contributed by atoms with van der Waals surface area (Å²) in [5.41, 5.74) is 1.21. The number of carbonyl (C=O) groups excluding carboxylic acids is 2. The number of halogens is 1. The average Bonchev–Trinajstić information content (AvgIpc) is 3.11. The summed E-state index contributed by atoms with van der Waals surface area (Å²) >= 11 is 7.35. The highest BCUT2D eigenvalue weighted by atomic mass is 35.5. The molecule has 27 heavy (non-hydrogen) atoms. The van der Waals surface area contributed by atoms with Gasteiger partial charge in [0, 0.05) is 23.1 Å². The SMILES string of the molecule is CN(Cc1ccc(Cl)s1)C(=O)COc1ccc(C(=O)c2ccccc2)cc1. The van der Waals surface area contributed by atoms with Gasteiger partial charge in [-0.25, -0.2) is 0 Å². The van der Waals surface area contributed by atoms with Gasteiger partial charge in [0.25, 0.3) is 5.91 Å². The Morgan fingerprint density at radius 1 is 0.963 bits per heavy atom. The highest BCUT2D eigenvalue weighted by Gasteiger charge is 2.12. The molecule has 4 nitrogen and oxygen atoms in total. The zero-order valence-corrected chi connectivity index (χ0v) is 16.3. The number of hydrogen-bond acceptors (Lipinski definition) is 4. The maximum atomic E-state index is 12.4. The van der Waals surface area contributed by atoms with Crippen molar-refractivity contribution in [3.05, 3.63) is 87.1 Å². The largest absolute Gasteiger partial charge is 0.484 e. The Kier molecular flexibility index (Phi) is 6.27. The van der Waals surface area contributed by atoms with E-state index < -0.39 is 0 Å². The van der Waals surface area contributed by atoms with Gasteiger partial charge in [-0.15, -0.1) is 11.3 Å². The molecule has 0 unspecified atom stereocenters. The third-order valence-corrected chi connectivity index (χ3v) is 5.18. The van der Waals surface area contributed by atoms with E-state index in [2.05, 4.69) is 0 Å². The maximum absolute atomic E-state index is 12.4. The van der Waals surface area contributed by atoms with Crippen LogP contribution in [0.25, 0.3) is 0 Å². The fourth-order valence-corrected chi connectivity index (χ4v) is 3.61. The molecule has 0 atom stereocenters. The van der Waals surface area contributed by atoms with Crippen LogP contribution in [0.3, 0.4) is 0 Å². The second kappa shape index (κ2) is 8.84. The summed E-state index contributed by atoms with van der Waals surface area (Å²) in [6.45, 7) is 0.422. The summed E-state index contributed by atoms with van der Waals surface area (Å²) in [6.07, 6.45) is 0. The lowest BCUT2D eigenvalue weighted by molar-refractivity contribution is -0.132. The fourth-order valence-electron chi connectivity index (χ4n) is 2.47. The zero-order valence-electron chi connectivity index (χ0n) is 14.7. The van der Waals surface area contributed by atoms with E-state index in [1.54, 1.807) is 48.3 Å². The van der Waals surface area contributed by atoms with Crippen molar-refractivity contribution in [3.8, 4) is 5.75 Å². The van der Waals surface area contributed by atoms with Gasteiger partial charge < -0.3 is 9.64 Å². The van der Waals surface area contributed by atoms with Crippen molar-refractivity contribution >= 4 is 34.6 Å². The second-order valence-electron chi connectivity index (χ2n) is 5.96. The van der Waals surface area contributed by atoms with E-state index in [9.17, 15) is 9.59 Å². The van der Waals surface area contributed by atoms with Crippen molar-refractivity contribution < 1.29 is 14.3 Å². The molecule has 0 bridgehead atoms. The first-order valence-electron chi connectivity index (χ1n) is 8.34. The van der Waals surface area contributed by atoms with Crippen LogP contribution in [0, 0.1) is 0 Å². The zero-order chi connectivity index (χ0) is 19.2. The molecule has 2 aromatic carbocycles. The summed E-state index contributed by atoms with van der Waals surface area (Å²) in [7, 11) is 1.72. The quantitative estimate of drug-likeness (QED) is 0.542. The molecular weight excluding hydrogens is 382 g/mol. The molecule has 0 N–H and O–H groups in total. The molecule has 1 aromatic heterocycles. The van der Waals surface area contributed by atoms with E-state index in [-0.39, 0.29) is 18.3 Å². The van der Waals surface area contributed by atoms with E-state index in [1.165, 1.54) is 11.3 Å². The van der Waals surface area contributed by atoms with Gasteiger partial charge in [0.2, 0.25) is 0 Å². The Balaban J connectivity index is 1.53. The Morgan fingerprint density at radius 3 is 2.26 bits per heavy atom. The van der Waals surface area contributed by atoms with Gasteiger partial charge >= 0.3 is 0 Å². The topological polar surface area (TPSA) is 46.6 Å². The van der Waals surface area contributed by atoms with Crippen LogP contribution in [0.1, 0.15) is 20.8 Å². The number of hydrogen-bond donors (Lipinski definition) is 0. The summed E-state index contributed by atoms with van der Waals surface area (Å²) in [5, 5.41) is 0. The molecule has 0 saturated carbocycles. The van der Waals surface area contributed by atoms with E-state index in [0.717, 1.165) is 4.88 Å². The third kappa shape index (κ3) is 5.18. The lowest BCUT2D eigenvalue weighted by Crippen LogP contribution is -2.30. The number of amides is 1. The Labute approximate surface area is 167 Å². The van der Waals surface area contributed by atoms with Crippen molar-refractivity contribution in [2.24, 2.45) is 0 Å². The van der Waals surface area contributed by atoms with Crippen molar-refractivity contribution in [1.82, 2.24) is 4.90 Å². The lowest BCUT2D eigenvalue weighted by atomic mass is 10.0. The number of ketones is 1. The van der Waals surface area contributed by atoms with E-state index >= 15 is 0 Å². The van der Waals surface area contributed by atoms with Crippen LogP contribution in [0.15, 0.2) is 66.7 Å². The van der Waals surface area contributed by atoms with Gasteiger partial charge in [-0.3, -0.25) is 9.59 Å². The fraction of sp³-hybridized carbons (Fsp3) is 0.143. The summed E-state index contributed by atoms with van der Waals surface area (Å²) in [4.78, 5) is 27.2. The number of benzene rings is 2. The third-order valence-electron chi connectivity index (χ3n) is 3.96. The number of nitrogens with zero attached hydrogens (tertiary/aromatic N) is 1.